The van der Waals surface area contributed by atoms with E-state index in [1.165, 1.54) is 18.9 Å². The molecule has 0 heterocycles. The zero-order chi connectivity index (χ0) is 12.2. The van der Waals surface area contributed by atoms with E-state index in [2.05, 4.69) is 4.74 Å². The lowest BCUT2D eigenvalue weighted by molar-refractivity contribution is -0.140. The Bertz CT molecular complexity index is 177. The molecule has 0 aliphatic carbocycles. The third-order valence-corrected chi connectivity index (χ3v) is 2.84. The van der Waals surface area contributed by atoms with Crippen LogP contribution < -0.4 is 0 Å². The van der Waals surface area contributed by atoms with Crippen LogP contribution >= 0.6 is 11.8 Å². The smallest absolute Gasteiger partial charge is 0.306 e. The summed E-state index contributed by atoms with van der Waals surface area (Å²) in [4.78, 5) is 10.8. The van der Waals surface area contributed by atoms with Gasteiger partial charge in [0.1, 0.15) is 0 Å². The van der Waals surface area contributed by atoms with Crippen LogP contribution in [-0.2, 0) is 19.0 Å². The van der Waals surface area contributed by atoms with Crippen molar-refractivity contribution < 1.29 is 24.1 Å². The molecule has 16 heavy (non-hydrogen) atoms. The Balaban J connectivity index is 3.23. The van der Waals surface area contributed by atoms with Crippen LogP contribution in [0.3, 0.4) is 0 Å². The molecule has 0 spiro atoms. The highest BCUT2D eigenvalue weighted by Gasteiger charge is 2.05. The quantitative estimate of drug-likeness (QED) is 0.446. The van der Waals surface area contributed by atoms with Crippen LogP contribution in [0.4, 0.5) is 0 Å². The topological polar surface area (TPSA) is 65.0 Å². The third-order valence-electron chi connectivity index (χ3n) is 1.73. The summed E-state index contributed by atoms with van der Waals surface area (Å²) in [6, 6.07) is 0. The van der Waals surface area contributed by atoms with Crippen molar-refractivity contribution in [3.63, 3.8) is 0 Å². The number of ether oxygens (including phenoxy) is 3. The van der Waals surface area contributed by atoms with Gasteiger partial charge in [-0.15, -0.1) is 0 Å². The molecule has 1 unspecified atom stereocenters. The molecule has 0 fully saturated rings. The highest BCUT2D eigenvalue weighted by atomic mass is 32.2. The molecule has 0 rings (SSSR count). The first-order chi connectivity index (χ1) is 7.70. The first-order valence-corrected chi connectivity index (χ1v) is 6.25. The van der Waals surface area contributed by atoms with Crippen molar-refractivity contribution in [3.8, 4) is 0 Å². The number of aliphatic hydroxyl groups excluding tert-OH is 1. The second-order valence-electron chi connectivity index (χ2n) is 3.12. The average molecular weight is 252 g/mol. The normalized spacial score (nSPS) is 12.4. The van der Waals surface area contributed by atoms with Crippen molar-refractivity contribution in [2.24, 2.45) is 0 Å². The van der Waals surface area contributed by atoms with Gasteiger partial charge in [-0.25, -0.2) is 0 Å². The molecule has 96 valence electrons. The number of thioether (sulfide) groups is 1. The second kappa shape index (κ2) is 11.2. The fourth-order valence-corrected chi connectivity index (χ4v) is 1.73. The van der Waals surface area contributed by atoms with E-state index >= 15 is 0 Å². The maximum absolute atomic E-state index is 10.8. The molecule has 0 radical (unpaired) electrons. The highest BCUT2D eigenvalue weighted by Crippen LogP contribution is 2.05. The van der Waals surface area contributed by atoms with Gasteiger partial charge >= 0.3 is 5.97 Å². The highest BCUT2D eigenvalue weighted by molar-refractivity contribution is 7.99. The second-order valence-corrected chi connectivity index (χ2v) is 4.27. The van der Waals surface area contributed by atoms with Crippen molar-refractivity contribution in [1.29, 1.82) is 0 Å². The van der Waals surface area contributed by atoms with Gasteiger partial charge in [-0.05, 0) is 0 Å². The molecule has 1 N–H and O–H groups in total. The lowest BCUT2D eigenvalue weighted by atomic mass is 10.4. The number of aliphatic hydroxyl groups is 1. The fraction of sp³-hybridized carbons (Fsp3) is 0.900. The van der Waals surface area contributed by atoms with Crippen molar-refractivity contribution in [2.45, 2.75) is 12.5 Å². The predicted octanol–water partition coefficient (Wildman–Crippen LogP) is 0.307. The molecule has 0 aliphatic heterocycles. The van der Waals surface area contributed by atoms with E-state index in [0.717, 1.165) is 0 Å². The molecule has 0 aromatic rings. The van der Waals surface area contributed by atoms with Gasteiger partial charge in [-0.1, -0.05) is 0 Å². The standard InChI is InChI=1S/C10H20O5S/c1-13-4-5-15-7-9(11)8-16-6-3-10(12)14-2/h9,11H,3-8H2,1-2H3. The molecule has 0 amide bonds. The molecule has 5 nitrogen and oxygen atoms in total. The Labute approximate surface area is 100 Å². The number of carbonyl (C=O) groups excluding carboxylic acids is 1. The zero-order valence-corrected chi connectivity index (χ0v) is 10.6. The number of carbonyl (C=O) groups is 1. The molecular weight excluding hydrogens is 232 g/mol. The van der Waals surface area contributed by atoms with Crippen molar-refractivity contribution in [3.05, 3.63) is 0 Å². The Morgan fingerprint density at radius 2 is 2.12 bits per heavy atom. The van der Waals surface area contributed by atoms with Crippen LogP contribution in [0, 0.1) is 0 Å². The van der Waals surface area contributed by atoms with Gasteiger partial charge in [0, 0.05) is 18.6 Å². The first-order valence-electron chi connectivity index (χ1n) is 5.10. The molecule has 6 heteroatoms. The lowest BCUT2D eigenvalue weighted by Crippen LogP contribution is -2.19. The van der Waals surface area contributed by atoms with E-state index in [1.54, 1.807) is 7.11 Å². The van der Waals surface area contributed by atoms with Gasteiger partial charge in [0.2, 0.25) is 0 Å². The number of esters is 1. The number of methoxy groups -OCH3 is 2. The fourth-order valence-electron chi connectivity index (χ4n) is 0.887. The molecule has 0 aromatic heterocycles. The van der Waals surface area contributed by atoms with Crippen molar-refractivity contribution in [1.82, 2.24) is 0 Å². The summed E-state index contributed by atoms with van der Waals surface area (Å²) >= 11 is 1.51. The maximum Gasteiger partial charge on any atom is 0.306 e. The SMILES string of the molecule is COCCOCC(O)CSCCC(=O)OC. The Morgan fingerprint density at radius 1 is 1.38 bits per heavy atom. The van der Waals surface area contributed by atoms with Gasteiger partial charge < -0.3 is 19.3 Å². The van der Waals surface area contributed by atoms with E-state index in [1.807, 2.05) is 0 Å². The maximum atomic E-state index is 10.8. The summed E-state index contributed by atoms with van der Waals surface area (Å²) in [5.74, 6) is 0.990. The third kappa shape index (κ3) is 10.2. The van der Waals surface area contributed by atoms with Crippen LogP contribution in [0.15, 0.2) is 0 Å². The Kier molecular flexibility index (Phi) is 11.0. The van der Waals surface area contributed by atoms with E-state index in [4.69, 9.17) is 9.47 Å². The summed E-state index contributed by atoms with van der Waals surface area (Å²) in [7, 11) is 2.97. The monoisotopic (exact) mass is 252 g/mol. The summed E-state index contributed by atoms with van der Waals surface area (Å²) in [6.07, 6.45) is -0.127. The summed E-state index contributed by atoms with van der Waals surface area (Å²) in [5.41, 5.74) is 0. The molecule has 0 aromatic carbocycles. The minimum Gasteiger partial charge on any atom is -0.469 e. The van der Waals surface area contributed by atoms with Crippen molar-refractivity contribution in [2.75, 3.05) is 45.5 Å². The first kappa shape index (κ1) is 15.7. The molecule has 0 saturated carbocycles. The molecule has 0 aliphatic rings. The van der Waals surface area contributed by atoms with E-state index < -0.39 is 6.10 Å². The van der Waals surface area contributed by atoms with Crippen LogP contribution in [0.1, 0.15) is 6.42 Å². The predicted molar refractivity (Wildman–Crippen MR) is 62.7 cm³/mol. The molecule has 1 atom stereocenters. The van der Waals surface area contributed by atoms with Crippen molar-refractivity contribution >= 4 is 17.7 Å². The van der Waals surface area contributed by atoms with Crippen LogP contribution in [-0.4, -0.2) is 62.7 Å². The number of hydrogen-bond acceptors (Lipinski definition) is 6. The zero-order valence-electron chi connectivity index (χ0n) is 9.81. The minimum absolute atomic E-state index is 0.224. The number of hydrogen-bond donors (Lipinski definition) is 1. The number of rotatable bonds is 10. The van der Waals surface area contributed by atoms with E-state index in [9.17, 15) is 9.90 Å². The summed E-state index contributed by atoms with van der Waals surface area (Å²) < 4.78 is 14.4. The largest absolute Gasteiger partial charge is 0.469 e. The minimum atomic E-state index is -0.500. The van der Waals surface area contributed by atoms with E-state index in [0.29, 0.717) is 37.7 Å². The molecule has 0 saturated heterocycles. The van der Waals surface area contributed by atoms with Crippen LogP contribution in [0.5, 0.6) is 0 Å². The summed E-state index contributed by atoms with van der Waals surface area (Å²) in [6.45, 7) is 1.32. The average Bonchev–Trinajstić information content (AvgIpc) is 2.30. The van der Waals surface area contributed by atoms with Crippen LogP contribution in [0.25, 0.3) is 0 Å². The Morgan fingerprint density at radius 3 is 2.75 bits per heavy atom. The lowest BCUT2D eigenvalue weighted by Gasteiger charge is -2.10. The van der Waals surface area contributed by atoms with Crippen LogP contribution in [0.2, 0.25) is 0 Å². The molecule has 0 bridgehead atoms. The van der Waals surface area contributed by atoms with E-state index in [-0.39, 0.29) is 5.97 Å². The van der Waals surface area contributed by atoms with Gasteiger partial charge in [-0.3, -0.25) is 4.79 Å². The molecular formula is C10H20O5S. The van der Waals surface area contributed by atoms with Gasteiger partial charge in [0.05, 0.1) is 39.5 Å². The van der Waals surface area contributed by atoms with Gasteiger partial charge in [-0.2, -0.15) is 11.8 Å². The Hall–Kier alpha value is -0.300. The van der Waals surface area contributed by atoms with Gasteiger partial charge in [0.15, 0.2) is 0 Å². The summed E-state index contributed by atoms with van der Waals surface area (Å²) in [5, 5.41) is 9.47. The van der Waals surface area contributed by atoms with Gasteiger partial charge in [0.25, 0.3) is 0 Å².